The fourth-order valence-electron chi connectivity index (χ4n) is 2.24. The molecule has 2 aromatic rings. The van der Waals surface area contributed by atoms with Crippen molar-refractivity contribution in [1.82, 2.24) is 0 Å². The van der Waals surface area contributed by atoms with Crippen LogP contribution in [0.25, 0.3) is 5.57 Å². The fraction of sp³-hybridized carbons (Fsp3) is 0.250. The van der Waals surface area contributed by atoms with Crippen molar-refractivity contribution in [3.8, 4) is 5.75 Å². The number of ether oxygens (including phenoxy) is 2. The molecule has 2 rings (SSSR count). The van der Waals surface area contributed by atoms with Gasteiger partial charge in [0, 0.05) is 11.1 Å². The average Bonchev–Trinajstić information content (AvgIpc) is 2.59. The highest BCUT2D eigenvalue weighted by Gasteiger charge is 2.09. The van der Waals surface area contributed by atoms with E-state index in [0.29, 0.717) is 18.2 Å². The third-order valence-corrected chi connectivity index (χ3v) is 3.56. The van der Waals surface area contributed by atoms with Gasteiger partial charge in [0.05, 0.1) is 13.2 Å². The summed E-state index contributed by atoms with van der Waals surface area (Å²) in [5.41, 5.74) is 2.52. The van der Waals surface area contributed by atoms with Crippen molar-refractivity contribution >= 4 is 23.1 Å². The molecule has 2 aromatic carbocycles. The lowest BCUT2D eigenvalue weighted by atomic mass is 9.97. The van der Waals surface area contributed by atoms with E-state index in [9.17, 15) is 4.79 Å². The Hall–Kier alpha value is -2.26. The normalized spacial score (nSPS) is 11.2. The molecule has 3 nitrogen and oxygen atoms in total. The minimum atomic E-state index is -0.376. The summed E-state index contributed by atoms with van der Waals surface area (Å²) in [7, 11) is 0. The zero-order chi connectivity index (χ0) is 17.4. The number of rotatable bonds is 7. The van der Waals surface area contributed by atoms with E-state index in [-0.39, 0.29) is 5.97 Å². The first-order valence-electron chi connectivity index (χ1n) is 8.01. The van der Waals surface area contributed by atoms with Crippen molar-refractivity contribution in [2.75, 3.05) is 13.2 Å². The molecule has 0 radical (unpaired) electrons. The van der Waals surface area contributed by atoms with Gasteiger partial charge in [0.2, 0.25) is 0 Å². The van der Waals surface area contributed by atoms with Crippen LogP contribution in [0.15, 0.2) is 54.6 Å². The van der Waals surface area contributed by atoms with Crippen LogP contribution in [0.2, 0.25) is 5.02 Å². The van der Waals surface area contributed by atoms with Crippen LogP contribution in [0.5, 0.6) is 5.75 Å². The molecule has 0 N–H and O–H groups in total. The molecule has 0 aromatic heterocycles. The van der Waals surface area contributed by atoms with Gasteiger partial charge in [0.1, 0.15) is 5.75 Å². The lowest BCUT2D eigenvalue weighted by molar-refractivity contribution is -0.137. The molecule has 0 bridgehead atoms. The summed E-state index contributed by atoms with van der Waals surface area (Å²) in [5, 5.41) is 0.616. The molecule has 0 atom stereocenters. The van der Waals surface area contributed by atoms with Gasteiger partial charge in [-0.25, -0.2) is 4.79 Å². The van der Waals surface area contributed by atoms with Crippen molar-refractivity contribution in [2.45, 2.75) is 20.3 Å². The number of esters is 1. The van der Waals surface area contributed by atoms with Crippen molar-refractivity contribution in [1.29, 1.82) is 0 Å². The second kappa shape index (κ2) is 9.14. The van der Waals surface area contributed by atoms with E-state index in [2.05, 4.69) is 6.92 Å². The lowest BCUT2D eigenvalue weighted by Gasteiger charge is -2.11. The Balaban J connectivity index is 2.37. The van der Waals surface area contributed by atoms with Gasteiger partial charge in [-0.05, 0) is 54.3 Å². The Labute approximate surface area is 147 Å². The maximum absolute atomic E-state index is 11.9. The summed E-state index contributed by atoms with van der Waals surface area (Å²) < 4.78 is 10.7. The monoisotopic (exact) mass is 344 g/mol. The molecule has 0 aliphatic carbocycles. The summed E-state index contributed by atoms with van der Waals surface area (Å²) >= 11 is 6.09. The van der Waals surface area contributed by atoms with Crippen LogP contribution in [0.3, 0.4) is 0 Å². The van der Waals surface area contributed by atoms with Gasteiger partial charge in [-0.3, -0.25) is 0 Å². The zero-order valence-corrected chi connectivity index (χ0v) is 14.7. The van der Waals surface area contributed by atoms with Gasteiger partial charge in [-0.2, -0.15) is 0 Å². The van der Waals surface area contributed by atoms with E-state index in [1.54, 1.807) is 13.0 Å². The summed E-state index contributed by atoms with van der Waals surface area (Å²) in [5.74, 6) is 0.431. The first-order chi connectivity index (χ1) is 11.6. The van der Waals surface area contributed by atoms with Crippen LogP contribution in [-0.2, 0) is 9.53 Å². The molecule has 0 aliphatic rings. The Morgan fingerprint density at radius 1 is 1.08 bits per heavy atom. The first-order valence-corrected chi connectivity index (χ1v) is 8.39. The van der Waals surface area contributed by atoms with Crippen molar-refractivity contribution in [2.24, 2.45) is 0 Å². The number of carbonyl (C=O) groups is 1. The number of benzene rings is 2. The maximum Gasteiger partial charge on any atom is 0.331 e. The zero-order valence-electron chi connectivity index (χ0n) is 13.9. The van der Waals surface area contributed by atoms with Gasteiger partial charge in [0.15, 0.2) is 0 Å². The van der Waals surface area contributed by atoms with Gasteiger partial charge < -0.3 is 9.47 Å². The minimum absolute atomic E-state index is 0.335. The molecule has 0 aliphatic heterocycles. The van der Waals surface area contributed by atoms with Crippen LogP contribution in [0, 0.1) is 0 Å². The largest absolute Gasteiger partial charge is 0.494 e. The lowest BCUT2D eigenvalue weighted by Crippen LogP contribution is -2.02. The van der Waals surface area contributed by atoms with Gasteiger partial charge in [-0.15, -0.1) is 0 Å². The predicted octanol–water partition coefficient (Wildman–Crippen LogP) is 5.12. The maximum atomic E-state index is 11.9. The summed E-state index contributed by atoms with van der Waals surface area (Å²) in [6.45, 7) is 4.86. The Morgan fingerprint density at radius 2 is 1.83 bits per heavy atom. The SMILES string of the molecule is CCCOc1ccc(/C(=C/C(=O)OCC)c2cccc(Cl)c2)cc1. The molecule has 0 unspecified atom stereocenters. The minimum Gasteiger partial charge on any atom is -0.494 e. The molecule has 24 heavy (non-hydrogen) atoms. The third-order valence-electron chi connectivity index (χ3n) is 3.32. The topological polar surface area (TPSA) is 35.5 Å². The van der Waals surface area contributed by atoms with E-state index in [1.165, 1.54) is 6.08 Å². The molecular weight excluding hydrogens is 324 g/mol. The molecule has 0 amide bonds. The molecular formula is C20H21ClO3. The van der Waals surface area contributed by atoms with E-state index < -0.39 is 0 Å². The van der Waals surface area contributed by atoms with Crippen molar-refractivity contribution < 1.29 is 14.3 Å². The number of hydrogen-bond acceptors (Lipinski definition) is 3. The smallest absolute Gasteiger partial charge is 0.331 e. The van der Waals surface area contributed by atoms with Crippen LogP contribution < -0.4 is 4.74 Å². The molecule has 4 heteroatoms. The molecule has 126 valence electrons. The van der Waals surface area contributed by atoms with Gasteiger partial charge >= 0.3 is 5.97 Å². The van der Waals surface area contributed by atoms with E-state index >= 15 is 0 Å². The quantitative estimate of drug-likeness (QED) is 0.516. The van der Waals surface area contributed by atoms with E-state index in [1.807, 2.05) is 42.5 Å². The Morgan fingerprint density at radius 3 is 2.46 bits per heavy atom. The molecule has 0 saturated heterocycles. The van der Waals surface area contributed by atoms with Crippen LogP contribution in [0.1, 0.15) is 31.4 Å². The highest BCUT2D eigenvalue weighted by molar-refractivity contribution is 6.30. The van der Waals surface area contributed by atoms with E-state index in [4.69, 9.17) is 21.1 Å². The highest BCUT2D eigenvalue weighted by atomic mass is 35.5. The van der Waals surface area contributed by atoms with E-state index in [0.717, 1.165) is 28.9 Å². The first kappa shape index (κ1) is 18.1. The molecule has 0 spiro atoms. The fourth-order valence-corrected chi connectivity index (χ4v) is 2.43. The Bertz CT molecular complexity index is 705. The second-order valence-electron chi connectivity index (χ2n) is 5.19. The highest BCUT2D eigenvalue weighted by Crippen LogP contribution is 2.27. The average molecular weight is 345 g/mol. The van der Waals surface area contributed by atoms with Crippen molar-refractivity contribution in [3.63, 3.8) is 0 Å². The van der Waals surface area contributed by atoms with Crippen LogP contribution >= 0.6 is 11.6 Å². The van der Waals surface area contributed by atoms with Crippen molar-refractivity contribution in [3.05, 3.63) is 70.8 Å². The number of halogens is 1. The third kappa shape index (κ3) is 5.14. The summed E-state index contributed by atoms with van der Waals surface area (Å²) in [6.07, 6.45) is 2.45. The summed E-state index contributed by atoms with van der Waals surface area (Å²) in [4.78, 5) is 11.9. The second-order valence-corrected chi connectivity index (χ2v) is 5.63. The Kier molecular flexibility index (Phi) is 6.89. The van der Waals surface area contributed by atoms with Gasteiger partial charge in [0.25, 0.3) is 0 Å². The standard InChI is InChI=1S/C20H21ClO3/c1-3-12-24-18-10-8-15(9-11-18)19(14-20(22)23-4-2)16-6-5-7-17(21)13-16/h5-11,13-14H,3-4,12H2,1-2H3/b19-14-. The molecule has 0 saturated carbocycles. The number of carbonyl (C=O) groups excluding carboxylic acids is 1. The molecule has 0 heterocycles. The predicted molar refractivity (Wildman–Crippen MR) is 97.4 cm³/mol. The van der Waals surface area contributed by atoms with Crippen LogP contribution in [0.4, 0.5) is 0 Å². The number of hydrogen-bond donors (Lipinski definition) is 0. The van der Waals surface area contributed by atoms with Crippen LogP contribution in [-0.4, -0.2) is 19.2 Å². The summed E-state index contributed by atoms with van der Waals surface area (Å²) in [6, 6.07) is 15.0. The van der Waals surface area contributed by atoms with Gasteiger partial charge in [-0.1, -0.05) is 42.8 Å². The molecule has 0 fully saturated rings.